The predicted octanol–water partition coefficient (Wildman–Crippen LogP) is 1.52. The summed E-state index contributed by atoms with van der Waals surface area (Å²) in [6, 6.07) is 0.159. The molecule has 1 aliphatic rings. The second-order valence-corrected chi connectivity index (χ2v) is 6.05. The van der Waals surface area contributed by atoms with Crippen LogP contribution < -0.4 is 5.32 Å². The molecule has 2 unspecified atom stereocenters. The summed E-state index contributed by atoms with van der Waals surface area (Å²) in [7, 11) is 0. The Labute approximate surface area is 122 Å². The van der Waals surface area contributed by atoms with Gasteiger partial charge in [0.1, 0.15) is 5.78 Å². The summed E-state index contributed by atoms with van der Waals surface area (Å²) >= 11 is 1.58. The van der Waals surface area contributed by atoms with Gasteiger partial charge in [0.2, 0.25) is 0 Å². The summed E-state index contributed by atoms with van der Waals surface area (Å²) in [6.45, 7) is 4.21. The van der Waals surface area contributed by atoms with Gasteiger partial charge in [-0.2, -0.15) is 0 Å². The third-order valence-electron chi connectivity index (χ3n) is 3.65. The van der Waals surface area contributed by atoms with Gasteiger partial charge in [-0.15, -0.1) is 11.3 Å². The van der Waals surface area contributed by atoms with E-state index in [9.17, 15) is 4.79 Å². The number of rotatable bonds is 6. The first-order valence-corrected chi connectivity index (χ1v) is 7.91. The lowest BCUT2D eigenvalue weighted by Gasteiger charge is -2.17. The van der Waals surface area contributed by atoms with Gasteiger partial charge in [-0.1, -0.05) is 6.92 Å². The number of fused-ring (bicyclic) bond motifs is 1. The molecule has 1 fully saturated rings. The van der Waals surface area contributed by atoms with Crippen LogP contribution in [-0.2, 0) is 16.0 Å². The summed E-state index contributed by atoms with van der Waals surface area (Å²) in [5.41, 5.74) is 0.850. The number of thiazole rings is 1. The Hall–Kier alpha value is -1.24. The Balaban J connectivity index is 1.64. The van der Waals surface area contributed by atoms with Gasteiger partial charge in [-0.25, -0.2) is 4.98 Å². The number of carbonyl (C=O) groups excluding carboxylic acids is 1. The van der Waals surface area contributed by atoms with Crippen LogP contribution in [0.25, 0.3) is 4.96 Å². The van der Waals surface area contributed by atoms with Crippen LogP contribution in [0.5, 0.6) is 0 Å². The highest BCUT2D eigenvalue weighted by atomic mass is 32.1. The minimum atomic E-state index is -0.0405. The van der Waals surface area contributed by atoms with E-state index in [-0.39, 0.29) is 17.7 Å². The number of ketones is 1. The van der Waals surface area contributed by atoms with E-state index < -0.39 is 0 Å². The number of aromatic nitrogens is 2. The fourth-order valence-electron chi connectivity index (χ4n) is 2.57. The first-order valence-electron chi connectivity index (χ1n) is 7.03. The molecular weight excluding hydrogens is 274 g/mol. The van der Waals surface area contributed by atoms with Crippen LogP contribution in [0.2, 0.25) is 0 Å². The van der Waals surface area contributed by atoms with Gasteiger partial charge in [-0.3, -0.25) is 9.20 Å². The maximum Gasteiger partial charge on any atom is 0.193 e. The van der Waals surface area contributed by atoms with Gasteiger partial charge in [0.25, 0.3) is 0 Å². The zero-order valence-electron chi connectivity index (χ0n) is 11.5. The van der Waals surface area contributed by atoms with Gasteiger partial charge in [-0.05, 0) is 13.0 Å². The average Bonchev–Trinajstić information content (AvgIpc) is 3.10. The SMILES string of the molecule is CCCNC1COCC1C(=O)Cc1cn2ccsc2n1. The number of nitrogens with zero attached hydrogens (tertiary/aromatic N) is 2. The normalized spacial score (nSPS) is 22.6. The molecule has 108 valence electrons. The molecule has 0 saturated carbocycles. The third kappa shape index (κ3) is 2.77. The molecule has 20 heavy (non-hydrogen) atoms. The van der Waals surface area contributed by atoms with Crippen LogP contribution in [0.3, 0.4) is 0 Å². The van der Waals surface area contributed by atoms with Crippen molar-refractivity contribution in [2.24, 2.45) is 5.92 Å². The smallest absolute Gasteiger partial charge is 0.193 e. The number of carbonyl (C=O) groups is 1. The van der Waals surface area contributed by atoms with Crippen molar-refractivity contribution in [3.8, 4) is 0 Å². The van der Waals surface area contributed by atoms with Gasteiger partial charge < -0.3 is 10.1 Å². The third-order valence-corrected chi connectivity index (χ3v) is 4.42. The van der Waals surface area contributed by atoms with Gasteiger partial charge >= 0.3 is 0 Å². The summed E-state index contributed by atoms with van der Waals surface area (Å²) in [5.74, 6) is 0.183. The van der Waals surface area contributed by atoms with E-state index in [4.69, 9.17) is 4.74 Å². The lowest BCUT2D eigenvalue weighted by atomic mass is 9.95. The molecule has 3 rings (SSSR count). The van der Waals surface area contributed by atoms with Crippen LogP contribution in [-0.4, -0.2) is 41.0 Å². The second-order valence-electron chi connectivity index (χ2n) is 5.17. The molecule has 2 aromatic heterocycles. The number of hydrogen-bond acceptors (Lipinski definition) is 5. The van der Waals surface area contributed by atoms with Crippen molar-refractivity contribution in [2.45, 2.75) is 25.8 Å². The monoisotopic (exact) mass is 293 g/mol. The molecule has 1 saturated heterocycles. The Morgan fingerprint density at radius 1 is 1.60 bits per heavy atom. The molecule has 1 N–H and O–H groups in total. The molecule has 0 aromatic carbocycles. The van der Waals surface area contributed by atoms with Crippen molar-refractivity contribution in [1.29, 1.82) is 0 Å². The average molecular weight is 293 g/mol. The van der Waals surface area contributed by atoms with Crippen LogP contribution >= 0.6 is 11.3 Å². The Kier molecular flexibility index (Phi) is 4.14. The van der Waals surface area contributed by atoms with E-state index in [2.05, 4.69) is 17.2 Å². The first kappa shape index (κ1) is 13.7. The van der Waals surface area contributed by atoms with Gasteiger partial charge in [0.05, 0.1) is 31.2 Å². The zero-order valence-corrected chi connectivity index (χ0v) is 12.4. The molecular formula is C14H19N3O2S. The number of ether oxygens (including phenoxy) is 1. The topological polar surface area (TPSA) is 55.6 Å². The molecule has 1 aliphatic heterocycles. The molecule has 0 spiro atoms. The van der Waals surface area contributed by atoms with Crippen molar-refractivity contribution in [2.75, 3.05) is 19.8 Å². The first-order chi connectivity index (χ1) is 9.78. The highest BCUT2D eigenvalue weighted by Gasteiger charge is 2.33. The Morgan fingerprint density at radius 2 is 2.50 bits per heavy atom. The van der Waals surface area contributed by atoms with Gasteiger partial charge in [0, 0.05) is 23.8 Å². The highest BCUT2D eigenvalue weighted by Crippen LogP contribution is 2.18. The van der Waals surface area contributed by atoms with E-state index in [1.54, 1.807) is 11.3 Å². The van der Waals surface area contributed by atoms with E-state index in [1.165, 1.54) is 0 Å². The van der Waals surface area contributed by atoms with Crippen molar-refractivity contribution >= 4 is 22.1 Å². The van der Waals surface area contributed by atoms with Crippen molar-refractivity contribution in [3.63, 3.8) is 0 Å². The van der Waals surface area contributed by atoms with E-state index >= 15 is 0 Å². The minimum Gasteiger partial charge on any atom is -0.379 e. The van der Waals surface area contributed by atoms with Crippen molar-refractivity contribution < 1.29 is 9.53 Å². The van der Waals surface area contributed by atoms with E-state index in [1.807, 2.05) is 22.2 Å². The van der Waals surface area contributed by atoms with Crippen LogP contribution in [0.15, 0.2) is 17.8 Å². The van der Waals surface area contributed by atoms with Crippen molar-refractivity contribution in [1.82, 2.24) is 14.7 Å². The lowest BCUT2D eigenvalue weighted by Crippen LogP contribution is -2.40. The molecule has 0 amide bonds. The fourth-order valence-corrected chi connectivity index (χ4v) is 3.29. The molecule has 0 aliphatic carbocycles. The number of nitrogens with one attached hydrogen (secondary N) is 1. The lowest BCUT2D eigenvalue weighted by molar-refractivity contribution is -0.122. The molecule has 0 radical (unpaired) electrons. The van der Waals surface area contributed by atoms with Crippen molar-refractivity contribution in [3.05, 3.63) is 23.5 Å². The van der Waals surface area contributed by atoms with Crippen LogP contribution in [0, 0.1) is 5.92 Å². The largest absolute Gasteiger partial charge is 0.379 e. The van der Waals surface area contributed by atoms with Gasteiger partial charge in [0.15, 0.2) is 4.96 Å². The molecule has 2 atom stereocenters. The number of imidazole rings is 1. The molecule has 0 bridgehead atoms. The van der Waals surface area contributed by atoms with E-state index in [0.717, 1.165) is 23.6 Å². The molecule has 5 nitrogen and oxygen atoms in total. The summed E-state index contributed by atoms with van der Waals surface area (Å²) in [6.07, 6.45) is 5.36. The fraction of sp³-hybridized carbons (Fsp3) is 0.571. The number of Topliss-reactive ketones (excluding diaryl/α,β-unsaturated/α-hetero) is 1. The highest BCUT2D eigenvalue weighted by molar-refractivity contribution is 7.15. The maximum atomic E-state index is 12.4. The van der Waals surface area contributed by atoms with E-state index in [0.29, 0.717) is 19.6 Å². The molecule has 6 heteroatoms. The molecule has 2 aromatic rings. The van der Waals surface area contributed by atoms with Crippen LogP contribution in [0.1, 0.15) is 19.0 Å². The summed E-state index contributed by atoms with van der Waals surface area (Å²) in [4.78, 5) is 17.8. The zero-order chi connectivity index (χ0) is 13.9. The molecule has 3 heterocycles. The van der Waals surface area contributed by atoms with Crippen LogP contribution in [0.4, 0.5) is 0 Å². The maximum absolute atomic E-state index is 12.4. The standard InChI is InChI=1S/C14H19N3O2S/c1-2-3-15-12-9-19-8-11(12)13(18)6-10-7-17-4-5-20-14(17)16-10/h4-5,7,11-12,15H,2-3,6,8-9H2,1H3. The second kappa shape index (κ2) is 6.03. The summed E-state index contributed by atoms with van der Waals surface area (Å²) < 4.78 is 7.43. The summed E-state index contributed by atoms with van der Waals surface area (Å²) in [5, 5.41) is 5.39. The Morgan fingerprint density at radius 3 is 3.30 bits per heavy atom. The quantitative estimate of drug-likeness (QED) is 0.877. The minimum absolute atomic E-state index is 0.0405. The Bertz CT molecular complexity index is 564. The predicted molar refractivity (Wildman–Crippen MR) is 78.2 cm³/mol. The number of hydrogen-bond donors (Lipinski definition) is 1.